The van der Waals surface area contributed by atoms with Crippen molar-refractivity contribution >= 4 is 5.95 Å². The SMILES string of the molecule is CC1CCN(c2nc([C@@H](C)NCc3ccc4c(c3)OCCO4)cc(=O)[nH]2)CC1. The normalized spacial score (nSPS) is 18.1. The first-order valence-corrected chi connectivity index (χ1v) is 10.1. The van der Waals surface area contributed by atoms with Gasteiger partial charge in [0.25, 0.3) is 5.56 Å². The molecule has 1 fully saturated rings. The smallest absolute Gasteiger partial charge is 0.252 e. The molecular weight excluding hydrogens is 356 g/mol. The number of ether oxygens (including phenoxy) is 2. The van der Waals surface area contributed by atoms with Crippen molar-refractivity contribution in [1.82, 2.24) is 15.3 Å². The number of piperidine rings is 1. The highest BCUT2D eigenvalue weighted by Crippen LogP contribution is 2.30. The summed E-state index contributed by atoms with van der Waals surface area (Å²) in [6.07, 6.45) is 2.26. The molecule has 1 aromatic carbocycles. The molecule has 150 valence electrons. The van der Waals surface area contributed by atoms with E-state index in [-0.39, 0.29) is 11.6 Å². The molecule has 28 heavy (non-hydrogen) atoms. The molecule has 0 radical (unpaired) electrons. The molecule has 2 aliphatic heterocycles. The minimum atomic E-state index is -0.105. The van der Waals surface area contributed by atoms with Crippen LogP contribution in [0.1, 0.15) is 44.0 Å². The molecule has 7 heteroatoms. The Morgan fingerprint density at radius 3 is 2.75 bits per heavy atom. The van der Waals surface area contributed by atoms with E-state index in [0.717, 1.165) is 54.6 Å². The van der Waals surface area contributed by atoms with Gasteiger partial charge in [-0.2, -0.15) is 0 Å². The average molecular weight is 384 g/mol. The van der Waals surface area contributed by atoms with Crippen LogP contribution >= 0.6 is 0 Å². The highest BCUT2D eigenvalue weighted by Gasteiger charge is 2.19. The number of fused-ring (bicyclic) bond motifs is 1. The summed E-state index contributed by atoms with van der Waals surface area (Å²) in [5.74, 6) is 2.99. The zero-order valence-corrected chi connectivity index (χ0v) is 16.5. The second-order valence-corrected chi connectivity index (χ2v) is 7.74. The summed E-state index contributed by atoms with van der Waals surface area (Å²) in [5, 5.41) is 3.46. The van der Waals surface area contributed by atoms with Crippen molar-refractivity contribution in [3.05, 3.63) is 45.9 Å². The van der Waals surface area contributed by atoms with E-state index in [0.29, 0.717) is 25.7 Å². The molecule has 2 aromatic rings. The third kappa shape index (κ3) is 4.30. The highest BCUT2D eigenvalue weighted by atomic mass is 16.6. The summed E-state index contributed by atoms with van der Waals surface area (Å²) < 4.78 is 11.2. The van der Waals surface area contributed by atoms with Crippen LogP contribution in [0.5, 0.6) is 11.5 Å². The third-order valence-electron chi connectivity index (χ3n) is 5.49. The van der Waals surface area contributed by atoms with Crippen molar-refractivity contribution in [2.75, 3.05) is 31.2 Å². The maximum Gasteiger partial charge on any atom is 0.252 e. The first-order chi connectivity index (χ1) is 13.6. The molecule has 2 aliphatic rings. The van der Waals surface area contributed by atoms with Crippen LogP contribution in [0.25, 0.3) is 0 Å². The number of anilines is 1. The molecule has 7 nitrogen and oxygen atoms in total. The molecule has 0 spiro atoms. The number of aromatic nitrogens is 2. The molecule has 4 rings (SSSR count). The van der Waals surface area contributed by atoms with Gasteiger partial charge in [-0.3, -0.25) is 9.78 Å². The van der Waals surface area contributed by atoms with Crippen molar-refractivity contribution in [3.63, 3.8) is 0 Å². The van der Waals surface area contributed by atoms with Crippen LogP contribution in [0, 0.1) is 5.92 Å². The fourth-order valence-electron chi connectivity index (χ4n) is 3.63. The summed E-state index contributed by atoms with van der Waals surface area (Å²) in [7, 11) is 0. The predicted molar refractivity (Wildman–Crippen MR) is 108 cm³/mol. The third-order valence-corrected chi connectivity index (χ3v) is 5.49. The molecule has 0 amide bonds. The molecule has 2 N–H and O–H groups in total. The van der Waals surface area contributed by atoms with Crippen molar-refractivity contribution in [2.45, 2.75) is 39.3 Å². The minimum absolute atomic E-state index is 0.0436. The number of benzene rings is 1. The highest BCUT2D eigenvalue weighted by molar-refractivity contribution is 5.43. The van der Waals surface area contributed by atoms with Gasteiger partial charge in [-0.1, -0.05) is 13.0 Å². The van der Waals surface area contributed by atoms with E-state index in [2.05, 4.69) is 22.1 Å². The Morgan fingerprint density at radius 1 is 1.21 bits per heavy atom. The lowest BCUT2D eigenvalue weighted by Gasteiger charge is -2.31. The quantitative estimate of drug-likeness (QED) is 0.825. The number of aromatic amines is 1. The Morgan fingerprint density at radius 2 is 1.96 bits per heavy atom. The van der Waals surface area contributed by atoms with Crippen LogP contribution < -0.4 is 25.2 Å². The van der Waals surface area contributed by atoms with Crippen molar-refractivity contribution in [3.8, 4) is 11.5 Å². The maximum atomic E-state index is 12.2. The summed E-state index contributed by atoms with van der Waals surface area (Å²) >= 11 is 0. The van der Waals surface area contributed by atoms with Crippen LogP contribution in [0.4, 0.5) is 5.95 Å². The van der Waals surface area contributed by atoms with Crippen molar-refractivity contribution < 1.29 is 9.47 Å². The molecule has 0 bridgehead atoms. The average Bonchev–Trinajstić information content (AvgIpc) is 2.72. The summed E-state index contributed by atoms with van der Waals surface area (Å²) in [5.41, 5.74) is 1.76. The monoisotopic (exact) mass is 384 g/mol. The van der Waals surface area contributed by atoms with Gasteiger partial charge in [0.1, 0.15) is 13.2 Å². The number of rotatable bonds is 5. The van der Waals surface area contributed by atoms with E-state index in [1.165, 1.54) is 0 Å². The Labute approximate surface area is 165 Å². The van der Waals surface area contributed by atoms with E-state index in [1.54, 1.807) is 6.07 Å². The van der Waals surface area contributed by atoms with Gasteiger partial charge >= 0.3 is 0 Å². The van der Waals surface area contributed by atoms with Gasteiger partial charge in [0.2, 0.25) is 5.95 Å². The van der Waals surface area contributed by atoms with Crippen molar-refractivity contribution in [1.29, 1.82) is 0 Å². The largest absolute Gasteiger partial charge is 0.486 e. The topological polar surface area (TPSA) is 79.5 Å². The van der Waals surface area contributed by atoms with Gasteiger partial charge < -0.3 is 19.7 Å². The van der Waals surface area contributed by atoms with Gasteiger partial charge in [-0.25, -0.2) is 4.98 Å². The van der Waals surface area contributed by atoms with Crippen LogP contribution in [0.3, 0.4) is 0 Å². The second kappa shape index (κ2) is 8.22. The number of hydrogen-bond acceptors (Lipinski definition) is 6. The number of hydrogen-bond donors (Lipinski definition) is 2. The second-order valence-electron chi connectivity index (χ2n) is 7.74. The van der Waals surface area contributed by atoms with Crippen LogP contribution in [0.2, 0.25) is 0 Å². The standard InChI is InChI=1S/C21H28N4O3/c1-14-5-7-25(8-6-14)21-23-17(12-20(26)24-21)15(2)22-13-16-3-4-18-19(11-16)28-10-9-27-18/h3-4,11-12,14-15,22H,5-10,13H2,1-2H3,(H,23,24,26)/t15-/m1/s1. The zero-order valence-electron chi connectivity index (χ0n) is 16.5. The van der Waals surface area contributed by atoms with E-state index in [9.17, 15) is 4.79 Å². The molecule has 1 aromatic heterocycles. The molecule has 3 heterocycles. The zero-order chi connectivity index (χ0) is 19.5. The first kappa shape index (κ1) is 18.8. The molecule has 1 saturated heterocycles. The Hall–Kier alpha value is -2.54. The van der Waals surface area contributed by atoms with Gasteiger partial charge in [0.15, 0.2) is 11.5 Å². The lowest BCUT2D eigenvalue weighted by Crippen LogP contribution is -2.35. The summed E-state index contributed by atoms with van der Waals surface area (Å²) in [6, 6.07) is 7.51. The van der Waals surface area contributed by atoms with Crippen LogP contribution in [-0.4, -0.2) is 36.3 Å². The lowest BCUT2D eigenvalue weighted by molar-refractivity contribution is 0.171. The molecular formula is C21H28N4O3. The molecule has 0 unspecified atom stereocenters. The van der Waals surface area contributed by atoms with Gasteiger partial charge in [0.05, 0.1) is 5.69 Å². The van der Waals surface area contributed by atoms with Gasteiger partial charge in [-0.15, -0.1) is 0 Å². The van der Waals surface area contributed by atoms with Crippen molar-refractivity contribution in [2.24, 2.45) is 5.92 Å². The Bertz CT molecular complexity index is 874. The maximum absolute atomic E-state index is 12.2. The molecule has 0 aliphatic carbocycles. The van der Waals surface area contributed by atoms with E-state index < -0.39 is 0 Å². The minimum Gasteiger partial charge on any atom is -0.486 e. The number of H-pyrrole nitrogens is 1. The fourth-order valence-corrected chi connectivity index (χ4v) is 3.63. The molecule has 1 atom stereocenters. The first-order valence-electron chi connectivity index (χ1n) is 10.1. The van der Waals surface area contributed by atoms with Crippen LogP contribution in [-0.2, 0) is 6.54 Å². The fraction of sp³-hybridized carbons (Fsp3) is 0.524. The summed E-state index contributed by atoms with van der Waals surface area (Å²) in [4.78, 5) is 22.0. The summed E-state index contributed by atoms with van der Waals surface area (Å²) in [6.45, 7) is 8.00. The molecule has 0 saturated carbocycles. The Balaban J connectivity index is 1.43. The van der Waals surface area contributed by atoms with E-state index in [1.807, 2.05) is 25.1 Å². The van der Waals surface area contributed by atoms with E-state index >= 15 is 0 Å². The number of nitrogens with zero attached hydrogens (tertiary/aromatic N) is 2. The lowest BCUT2D eigenvalue weighted by atomic mass is 10.00. The van der Waals surface area contributed by atoms with E-state index in [4.69, 9.17) is 14.5 Å². The van der Waals surface area contributed by atoms with Crippen LogP contribution in [0.15, 0.2) is 29.1 Å². The number of nitrogens with one attached hydrogen (secondary N) is 2. The predicted octanol–water partition coefficient (Wildman–Crippen LogP) is 2.63. The Kier molecular flexibility index (Phi) is 5.52. The van der Waals surface area contributed by atoms with Gasteiger partial charge in [-0.05, 0) is 43.4 Å². The van der Waals surface area contributed by atoms with Gasteiger partial charge in [0, 0.05) is 31.7 Å².